The zero-order valence-corrected chi connectivity index (χ0v) is 12.7. The van der Waals surface area contributed by atoms with E-state index in [1.807, 2.05) is 0 Å². The van der Waals surface area contributed by atoms with Crippen LogP contribution < -0.4 is 5.43 Å². The van der Waals surface area contributed by atoms with E-state index < -0.39 is 6.10 Å². The molecule has 24 heavy (non-hydrogen) atoms. The van der Waals surface area contributed by atoms with Crippen molar-refractivity contribution in [2.75, 3.05) is 19.7 Å². The van der Waals surface area contributed by atoms with E-state index in [1.54, 1.807) is 11.8 Å². The summed E-state index contributed by atoms with van der Waals surface area (Å²) in [4.78, 5) is 33.8. The Labute approximate surface area is 135 Å². The van der Waals surface area contributed by atoms with E-state index in [4.69, 9.17) is 19.1 Å². The number of aryl methyl sites for hydroxylation is 1. The average molecular weight is 337 g/mol. The highest BCUT2D eigenvalue weighted by atomic mass is 16.5. The number of tetrazole rings is 1. The number of hydrogen-bond donors (Lipinski definition) is 2. The van der Waals surface area contributed by atoms with Gasteiger partial charge in [0, 0.05) is 18.7 Å². The molecule has 0 spiro atoms. The molecule has 0 bridgehead atoms. The van der Waals surface area contributed by atoms with Gasteiger partial charge >= 0.3 is 0 Å². The number of aromatic nitrogens is 4. The Bertz CT molecular complexity index is 744. The second-order valence-electron chi connectivity index (χ2n) is 4.75. The van der Waals surface area contributed by atoms with E-state index in [0.717, 1.165) is 0 Å². The number of carbonyl (C=O) groups excluding carboxylic acids is 1. The molecule has 2 aromatic rings. The first kappa shape index (κ1) is 17.3. The molecule has 2 N–H and O–H groups in total. The molecule has 1 fully saturated rings. The molecule has 11 heteroatoms. The van der Waals surface area contributed by atoms with E-state index in [-0.39, 0.29) is 30.1 Å². The van der Waals surface area contributed by atoms with Crippen LogP contribution in [-0.2, 0) is 9.53 Å². The van der Waals surface area contributed by atoms with Crippen molar-refractivity contribution in [3.63, 3.8) is 0 Å². The van der Waals surface area contributed by atoms with Crippen LogP contribution in [0.1, 0.15) is 28.2 Å². The maximum atomic E-state index is 12.4. The predicted octanol–water partition coefficient (Wildman–Crippen LogP) is -0.624. The van der Waals surface area contributed by atoms with Crippen LogP contribution in [0.15, 0.2) is 21.3 Å². The maximum Gasteiger partial charge on any atom is 0.290 e. The molecule has 0 aromatic carbocycles. The summed E-state index contributed by atoms with van der Waals surface area (Å²) in [6.07, 6.45) is -0.446. The van der Waals surface area contributed by atoms with Crippen LogP contribution in [0.2, 0.25) is 0 Å². The second-order valence-corrected chi connectivity index (χ2v) is 4.75. The Hall–Kier alpha value is -3.08. The fourth-order valence-corrected chi connectivity index (χ4v) is 2.16. The summed E-state index contributed by atoms with van der Waals surface area (Å²) >= 11 is 0. The first-order valence-electron chi connectivity index (χ1n) is 6.89. The van der Waals surface area contributed by atoms with Gasteiger partial charge in [-0.05, 0) is 6.92 Å². The van der Waals surface area contributed by atoms with Crippen molar-refractivity contribution in [3.8, 4) is 0 Å². The number of hydrogen-bond acceptors (Lipinski definition) is 8. The lowest BCUT2D eigenvalue weighted by atomic mass is 10.2. The number of morpholine rings is 1. The number of ether oxygens (including phenoxy) is 1. The average Bonchev–Trinajstić information content (AvgIpc) is 3.09. The minimum atomic E-state index is -0.446. The van der Waals surface area contributed by atoms with Crippen LogP contribution >= 0.6 is 0 Å². The van der Waals surface area contributed by atoms with Crippen molar-refractivity contribution < 1.29 is 23.8 Å². The number of nitrogens with one attached hydrogen (secondary N) is 1. The SMILES string of the molecule is Cc1cc(=O)cc(C(=O)N2CCOC(c3nn[nH]n3)C2)o1.O=CO. The maximum absolute atomic E-state index is 12.4. The molecule has 1 aliphatic rings. The summed E-state index contributed by atoms with van der Waals surface area (Å²) in [5.41, 5.74) is -0.259. The minimum Gasteiger partial charge on any atom is -0.483 e. The summed E-state index contributed by atoms with van der Waals surface area (Å²) in [7, 11) is 0. The van der Waals surface area contributed by atoms with Crippen LogP contribution in [0, 0.1) is 6.92 Å². The topological polar surface area (TPSA) is 152 Å². The predicted molar refractivity (Wildman–Crippen MR) is 77.2 cm³/mol. The van der Waals surface area contributed by atoms with Gasteiger partial charge in [-0.3, -0.25) is 14.4 Å². The number of carboxylic acid groups (broad SMARTS) is 1. The number of rotatable bonds is 2. The number of H-pyrrole nitrogens is 1. The number of aromatic amines is 1. The molecule has 0 saturated carbocycles. The lowest BCUT2D eigenvalue weighted by Gasteiger charge is -2.30. The third-order valence-corrected chi connectivity index (χ3v) is 3.10. The largest absolute Gasteiger partial charge is 0.483 e. The van der Waals surface area contributed by atoms with Crippen molar-refractivity contribution in [2.45, 2.75) is 13.0 Å². The zero-order valence-electron chi connectivity index (χ0n) is 12.7. The van der Waals surface area contributed by atoms with E-state index in [2.05, 4.69) is 20.6 Å². The summed E-state index contributed by atoms with van der Waals surface area (Å²) in [6.45, 7) is 2.40. The summed E-state index contributed by atoms with van der Waals surface area (Å²) < 4.78 is 10.8. The van der Waals surface area contributed by atoms with Gasteiger partial charge in [0.25, 0.3) is 12.4 Å². The molecule has 1 atom stereocenters. The molecular formula is C13H15N5O6. The molecule has 128 valence electrons. The highest BCUT2D eigenvalue weighted by Crippen LogP contribution is 2.19. The number of amides is 1. The van der Waals surface area contributed by atoms with Crippen LogP contribution in [0.4, 0.5) is 0 Å². The molecular weight excluding hydrogens is 322 g/mol. The van der Waals surface area contributed by atoms with Gasteiger partial charge in [-0.25, -0.2) is 0 Å². The molecule has 0 radical (unpaired) electrons. The molecule has 3 rings (SSSR count). The van der Waals surface area contributed by atoms with Gasteiger partial charge < -0.3 is 19.2 Å². The lowest BCUT2D eigenvalue weighted by molar-refractivity contribution is -0.122. The van der Waals surface area contributed by atoms with Crippen LogP contribution in [0.25, 0.3) is 0 Å². The Morgan fingerprint density at radius 3 is 2.88 bits per heavy atom. The summed E-state index contributed by atoms with van der Waals surface area (Å²) in [5, 5.41) is 20.4. The van der Waals surface area contributed by atoms with Gasteiger partial charge in [0.05, 0.1) is 13.2 Å². The molecule has 0 aliphatic carbocycles. The molecule has 1 unspecified atom stereocenters. The first-order chi connectivity index (χ1) is 11.5. The third-order valence-electron chi connectivity index (χ3n) is 3.10. The van der Waals surface area contributed by atoms with Gasteiger partial charge in [0.2, 0.25) is 5.82 Å². The Morgan fingerprint density at radius 1 is 1.50 bits per heavy atom. The molecule has 2 aromatic heterocycles. The van der Waals surface area contributed by atoms with Crippen molar-refractivity contribution >= 4 is 12.4 Å². The van der Waals surface area contributed by atoms with E-state index in [9.17, 15) is 9.59 Å². The van der Waals surface area contributed by atoms with Crippen molar-refractivity contribution in [2.24, 2.45) is 0 Å². The standard InChI is InChI=1S/C12H13N5O4.CH2O2/c1-7-4-8(18)5-9(21-7)12(19)17-2-3-20-10(6-17)11-13-15-16-14-11;2-1-3/h4-5,10H,2-3,6H2,1H3,(H,13,14,15,16);1H,(H,2,3). The third kappa shape index (κ3) is 4.23. The lowest BCUT2D eigenvalue weighted by Crippen LogP contribution is -2.42. The second kappa shape index (κ2) is 7.97. The Balaban J connectivity index is 0.000000647. The van der Waals surface area contributed by atoms with E-state index >= 15 is 0 Å². The van der Waals surface area contributed by atoms with Crippen molar-refractivity contribution in [1.29, 1.82) is 0 Å². The number of carbonyl (C=O) groups is 2. The van der Waals surface area contributed by atoms with Gasteiger partial charge in [-0.15, -0.1) is 10.2 Å². The van der Waals surface area contributed by atoms with Crippen molar-refractivity contribution in [1.82, 2.24) is 25.5 Å². The molecule has 1 saturated heterocycles. The molecule has 3 heterocycles. The Morgan fingerprint density at radius 2 is 2.25 bits per heavy atom. The Kier molecular flexibility index (Phi) is 5.73. The van der Waals surface area contributed by atoms with Gasteiger partial charge in [0.15, 0.2) is 11.2 Å². The molecule has 11 nitrogen and oxygen atoms in total. The highest BCUT2D eigenvalue weighted by molar-refractivity contribution is 5.91. The zero-order chi connectivity index (χ0) is 17.5. The van der Waals surface area contributed by atoms with Crippen molar-refractivity contribution in [3.05, 3.63) is 39.7 Å². The van der Waals surface area contributed by atoms with Gasteiger partial charge in [0.1, 0.15) is 11.9 Å². The monoisotopic (exact) mass is 337 g/mol. The van der Waals surface area contributed by atoms with Crippen LogP contribution in [0.3, 0.4) is 0 Å². The molecule has 1 amide bonds. The first-order valence-corrected chi connectivity index (χ1v) is 6.89. The highest BCUT2D eigenvalue weighted by Gasteiger charge is 2.29. The smallest absolute Gasteiger partial charge is 0.290 e. The quantitative estimate of drug-likeness (QED) is 0.682. The van der Waals surface area contributed by atoms with Gasteiger partial charge in [-0.2, -0.15) is 5.21 Å². The summed E-state index contributed by atoms with van der Waals surface area (Å²) in [5.74, 6) is 0.452. The number of nitrogens with zero attached hydrogens (tertiary/aromatic N) is 4. The fourth-order valence-electron chi connectivity index (χ4n) is 2.16. The van der Waals surface area contributed by atoms with Crippen LogP contribution in [0.5, 0.6) is 0 Å². The van der Waals surface area contributed by atoms with Crippen LogP contribution in [-0.4, -0.2) is 62.7 Å². The summed E-state index contributed by atoms with van der Waals surface area (Å²) in [6, 6.07) is 2.52. The van der Waals surface area contributed by atoms with Gasteiger partial charge in [-0.1, -0.05) is 5.21 Å². The minimum absolute atomic E-state index is 0.0220. The van der Waals surface area contributed by atoms with E-state index in [1.165, 1.54) is 12.1 Å². The molecule has 1 aliphatic heterocycles. The fraction of sp³-hybridized carbons (Fsp3) is 0.385. The normalized spacial score (nSPS) is 16.9. The van der Waals surface area contributed by atoms with E-state index in [0.29, 0.717) is 24.7 Å².